The Kier molecular flexibility index (Phi) is 7.21. The molecular weight excluding hydrogens is 452 g/mol. The number of sulfonamides is 1. The molecule has 0 aliphatic rings. The number of benzene rings is 2. The van der Waals surface area contributed by atoms with Crippen LogP contribution in [-0.4, -0.2) is 44.8 Å². The van der Waals surface area contributed by atoms with Gasteiger partial charge < -0.3 is 9.47 Å². The van der Waals surface area contributed by atoms with Crippen molar-refractivity contribution in [2.24, 2.45) is 0 Å². The van der Waals surface area contributed by atoms with Crippen molar-refractivity contribution in [3.63, 3.8) is 0 Å². The molecule has 158 valence electrons. The van der Waals surface area contributed by atoms with Crippen LogP contribution in [0.15, 0.2) is 52.9 Å². The number of carbonyl (C=O) groups is 1. The fourth-order valence-electron chi connectivity index (χ4n) is 2.26. The van der Waals surface area contributed by atoms with Crippen LogP contribution >= 0.6 is 22.9 Å². The lowest BCUT2D eigenvalue weighted by Crippen LogP contribution is -2.28. The molecule has 2 N–H and O–H groups in total. The third kappa shape index (κ3) is 5.66. The summed E-state index contributed by atoms with van der Waals surface area (Å²) in [5.74, 6) is 0.758. The molecular formula is C18H17ClN4O5S2. The zero-order valence-electron chi connectivity index (χ0n) is 15.7. The molecule has 1 heterocycles. The first-order chi connectivity index (χ1) is 14.4. The lowest BCUT2D eigenvalue weighted by molar-refractivity contribution is 0.102. The maximum atomic E-state index is 12.3. The molecule has 0 radical (unpaired) electrons. The summed E-state index contributed by atoms with van der Waals surface area (Å²) in [5.41, 5.74) is 0.243. The van der Waals surface area contributed by atoms with Crippen molar-refractivity contribution >= 4 is 44.0 Å². The summed E-state index contributed by atoms with van der Waals surface area (Å²) >= 11 is 6.70. The molecule has 0 fully saturated rings. The fraction of sp³-hybridized carbons (Fsp3) is 0.167. The second kappa shape index (κ2) is 9.85. The summed E-state index contributed by atoms with van der Waals surface area (Å²) in [6.45, 7) is 0.135. The molecule has 0 bridgehead atoms. The largest absolute Gasteiger partial charge is 0.497 e. The third-order valence-corrected chi connectivity index (χ3v) is 6.69. The molecule has 12 heteroatoms. The second-order valence-corrected chi connectivity index (χ2v) is 9.05. The minimum atomic E-state index is -3.90. The van der Waals surface area contributed by atoms with E-state index in [1.165, 1.54) is 0 Å². The average molecular weight is 469 g/mol. The Balaban J connectivity index is 1.53. The highest BCUT2D eigenvalue weighted by Crippen LogP contribution is 2.22. The van der Waals surface area contributed by atoms with Crippen molar-refractivity contribution in [3.05, 3.63) is 59.1 Å². The number of hydrogen-bond acceptors (Lipinski definition) is 8. The number of hydrogen-bond donors (Lipinski definition) is 2. The highest BCUT2D eigenvalue weighted by atomic mass is 35.5. The number of methoxy groups -OCH3 is 1. The van der Waals surface area contributed by atoms with Crippen LogP contribution in [0, 0.1) is 0 Å². The molecule has 0 spiro atoms. The van der Waals surface area contributed by atoms with Gasteiger partial charge >= 0.3 is 0 Å². The van der Waals surface area contributed by atoms with Gasteiger partial charge in [-0.05, 0) is 36.4 Å². The van der Waals surface area contributed by atoms with Gasteiger partial charge in [0, 0.05) is 6.54 Å². The van der Waals surface area contributed by atoms with Gasteiger partial charge in [0.2, 0.25) is 9.47 Å². The smallest absolute Gasteiger partial charge is 0.269 e. The lowest BCUT2D eigenvalue weighted by atomic mass is 10.2. The highest BCUT2D eigenvalue weighted by molar-refractivity contribution is 7.91. The van der Waals surface area contributed by atoms with E-state index in [0.717, 1.165) is 11.3 Å². The monoisotopic (exact) mass is 468 g/mol. The van der Waals surface area contributed by atoms with Crippen LogP contribution in [0.25, 0.3) is 0 Å². The quantitative estimate of drug-likeness (QED) is 0.366. The minimum absolute atomic E-state index is 0.0231. The maximum Gasteiger partial charge on any atom is 0.269 e. The first kappa shape index (κ1) is 22.0. The van der Waals surface area contributed by atoms with Crippen molar-refractivity contribution in [1.82, 2.24) is 14.9 Å². The Morgan fingerprint density at radius 2 is 1.80 bits per heavy atom. The molecule has 3 aromatic rings. The molecule has 2 aromatic carbocycles. The van der Waals surface area contributed by atoms with E-state index in [1.54, 1.807) is 55.6 Å². The molecule has 0 unspecified atom stereocenters. The van der Waals surface area contributed by atoms with E-state index in [9.17, 15) is 13.2 Å². The van der Waals surface area contributed by atoms with Crippen molar-refractivity contribution in [2.75, 3.05) is 25.6 Å². The number of anilines is 1. The Labute approximate surface area is 182 Å². The lowest BCUT2D eigenvalue weighted by Gasteiger charge is -2.07. The van der Waals surface area contributed by atoms with Crippen LogP contribution in [0.1, 0.15) is 10.4 Å². The van der Waals surface area contributed by atoms with Gasteiger partial charge in [0.1, 0.15) is 18.1 Å². The van der Waals surface area contributed by atoms with Gasteiger partial charge in [0.25, 0.3) is 15.9 Å². The highest BCUT2D eigenvalue weighted by Gasteiger charge is 2.21. The standard InChI is InChI=1S/C18H17ClN4O5S2/c1-27-12-6-8-13(9-7-12)28-11-10-20-30(25,26)18-23-22-17(29-18)21-16(24)14-4-2-3-5-15(14)19/h2-9,20H,10-11H2,1H3,(H,21,22,24). The summed E-state index contributed by atoms with van der Waals surface area (Å²) in [7, 11) is -2.33. The van der Waals surface area contributed by atoms with Crippen LogP contribution < -0.4 is 19.5 Å². The fourth-order valence-corrected chi connectivity index (χ4v) is 4.43. The normalized spacial score (nSPS) is 11.1. The Bertz CT molecular complexity index is 1120. The number of aromatic nitrogens is 2. The topological polar surface area (TPSA) is 120 Å². The molecule has 30 heavy (non-hydrogen) atoms. The minimum Gasteiger partial charge on any atom is -0.497 e. The van der Waals surface area contributed by atoms with Crippen molar-refractivity contribution in [1.29, 1.82) is 0 Å². The Morgan fingerprint density at radius 1 is 1.10 bits per heavy atom. The molecule has 9 nitrogen and oxygen atoms in total. The molecule has 0 atom stereocenters. The average Bonchev–Trinajstić information content (AvgIpc) is 3.21. The summed E-state index contributed by atoms with van der Waals surface area (Å²) in [4.78, 5) is 12.2. The third-order valence-electron chi connectivity index (χ3n) is 3.70. The first-order valence-corrected chi connectivity index (χ1v) is 11.2. The predicted molar refractivity (Wildman–Crippen MR) is 113 cm³/mol. The number of ether oxygens (including phenoxy) is 2. The zero-order chi connectivity index (χ0) is 21.6. The van der Waals surface area contributed by atoms with Crippen molar-refractivity contribution < 1.29 is 22.7 Å². The van der Waals surface area contributed by atoms with E-state index in [1.807, 2.05) is 0 Å². The van der Waals surface area contributed by atoms with Crippen molar-refractivity contribution in [2.45, 2.75) is 4.34 Å². The van der Waals surface area contributed by atoms with Crippen LogP contribution in [0.3, 0.4) is 0 Å². The first-order valence-electron chi connectivity index (χ1n) is 8.55. The van der Waals surface area contributed by atoms with Gasteiger partial charge in [-0.2, -0.15) is 0 Å². The number of carbonyl (C=O) groups excluding carboxylic acids is 1. The molecule has 0 saturated heterocycles. The van der Waals surface area contributed by atoms with Gasteiger partial charge in [-0.1, -0.05) is 35.1 Å². The van der Waals surface area contributed by atoms with Crippen LogP contribution in [0.4, 0.5) is 5.13 Å². The Hall–Kier alpha value is -2.73. The van der Waals surface area contributed by atoms with E-state index in [2.05, 4.69) is 20.2 Å². The zero-order valence-corrected chi connectivity index (χ0v) is 18.1. The molecule has 1 aromatic heterocycles. The molecule has 1 amide bonds. The summed E-state index contributed by atoms with van der Waals surface area (Å²) in [6.07, 6.45) is 0. The number of nitrogens with one attached hydrogen (secondary N) is 2. The summed E-state index contributed by atoms with van der Waals surface area (Å²) in [5, 5.41) is 10.1. The molecule has 3 rings (SSSR count). The van der Waals surface area contributed by atoms with E-state index in [0.29, 0.717) is 11.5 Å². The van der Waals surface area contributed by atoms with E-state index in [4.69, 9.17) is 21.1 Å². The summed E-state index contributed by atoms with van der Waals surface area (Å²) < 4.78 is 37.3. The van der Waals surface area contributed by atoms with Crippen LogP contribution in [-0.2, 0) is 10.0 Å². The number of nitrogens with zero attached hydrogens (tertiary/aromatic N) is 2. The molecule has 0 aliphatic carbocycles. The van der Waals surface area contributed by atoms with Gasteiger partial charge in [0.15, 0.2) is 0 Å². The van der Waals surface area contributed by atoms with Gasteiger partial charge in [-0.15, -0.1) is 10.2 Å². The van der Waals surface area contributed by atoms with Crippen molar-refractivity contribution in [3.8, 4) is 11.5 Å². The maximum absolute atomic E-state index is 12.3. The van der Waals surface area contributed by atoms with E-state index in [-0.39, 0.29) is 33.2 Å². The second-order valence-electron chi connectivity index (χ2n) is 5.73. The van der Waals surface area contributed by atoms with E-state index < -0.39 is 15.9 Å². The molecule has 0 saturated carbocycles. The predicted octanol–water partition coefficient (Wildman–Crippen LogP) is 2.81. The number of rotatable bonds is 9. The summed E-state index contributed by atoms with van der Waals surface area (Å²) in [6, 6.07) is 13.4. The molecule has 0 aliphatic heterocycles. The van der Waals surface area contributed by atoms with E-state index >= 15 is 0 Å². The van der Waals surface area contributed by atoms with Crippen LogP contribution in [0.5, 0.6) is 11.5 Å². The SMILES string of the molecule is COc1ccc(OCCNS(=O)(=O)c2nnc(NC(=O)c3ccccc3Cl)s2)cc1. The Morgan fingerprint density at radius 3 is 2.50 bits per heavy atom. The number of halogens is 1. The van der Waals surface area contributed by atoms with Crippen LogP contribution in [0.2, 0.25) is 5.02 Å². The van der Waals surface area contributed by atoms with Gasteiger partial charge in [-0.25, -0.2) is 13.1 Å². The van der Waals surface area contributed by atoms with Gasteiger partial charge in [-0.3, -0.25) is 10.1 Å². The van der Waals surface area contributed by atoms with Gasteiger partial charge in [0.05, 0.1) is 17.7 Å². The number of amides is 1.